The second-order valence-corrected chi connectivity index (χ2v) is 5.79. The van der Waals surface area contributed by atoms with Gasteiger partial charge in [0.05, 0.1) is 12.2 Å². The van der Waals surface area contributed by atoms with Crippen LogP contribution in [0.15, 0.2) is 18.2 Å². The third-order valence-electron chi connectivity index (χ3n) is 2.53. The first-order valence-electron chi connectivity index (χ1n) is 6.45. The van der Waals surface area contributed by atoms with Crippen molar-refractivity contribution in [2.75, 3.05) is 36.2 Å². The summed E-state index contributed by atoms with van der Waals surface area (Å²) in [7, 11) is 0. The maximum Gasteiger partial charge on any atom is 0.123 e. The molecule has 0 aliphatic carbocycles. The number of hydrogen-bond acceptors (Lipinski definition) is 5. The van der Waals surface area contributed by atoms with Gasteiger partial charge < -0.3 is 20.9 Å². The third-order valence-corrected chi connectivity index (χ3v) is 3.44. The standard InChI is InChI=1S/C14H24N2O2S/c1-4-5-18-13-7-11(15)6-12(8-13)16-9-14(2,17)10-19-3/h6-8,16-17H,4-5,9-10,15H2,1-3H3. The predicted octanol–water partition coefficient (Wildman–Crippen LogP) is 2.58. The van der Waals surface area contributed by atoms with Crippen molar-refractivity contribution in [2.45, 2.75) is 25.9 Å². The summed E-state index contributed by atoms with van der Waals surface area (Å²) >= 11 is 1.62. The van der Waals surface area contributed by atoms with E-state index in [0.717, 1.165) is 17.9 Å². The van der Waals surface area contributed by atoms with E-state index in [4.69, 9.17) is 10.5 Å². The maximum absolute atomic E-state index is 10.1. The van der Waals surface area contributed by atoms with Crippen LogP contribution in [-0.2, 0) is 0 Å². The lowest BCUT2D eigenvalue weighted by Gasteiger charge is -2.23. The minimum atomic E-state index is -0.742. The molecule has 108 valence electrons. The topological polar surface area (TPSA) is 67.5 Å². The lowest BCUT2D eigenvalue weighted by Crippen LogP contribution is -2.36. The Morgan fingerprint density at radius 1 is 1.42 bits per heavy atom. The SMILES string of the molecule is CCCOc1cc(N)cc(NCC(C)(O)CSC)c1. The van der Waals surface area contributed by atoms with E-state index in [2.05, 4.69) is 12.2 Å². The van der Waals surface area contributed by atoms with Crippen molar-refractivity contribution in [1.29, 1.82) is 0 Å². The summed E-state index contributed by atoms with van der Waals surface area (Å²) in [6.07, 6.45) is 2.94. The molecule has 0 spiro atoms. The van der Waals surface area contributed by atoms with Crippen LogP contribution >= 0.6 is 11.8 Å². The minimum Gasteiger partial charge on any atom is -0.493 e. The van der Waals surface area contributed by atoms with Crippen LogP contribution in [0.2, 0.25) is 0 Å². The van der Waals surface area contributed by atoms with E-state index in [1.165, 1.54) is 0 Å². The summed E-state index contributed by atoms with van der Waals surface area (Å²) in [5.74, 6) is 1.44. The number of hydrogen-bond donors (Lipinski definition) is 3. The fourth-order valence-electron chi connectivity index (χ4n) is 1.68. The molecule has 0 aliphatic rings. The van der Waals surface area contributed by atoms with Crippen molar-refractivity contribution in [2.24, 2.45) is 0 Å². The predicted molar refractivity (Wildman–Crippen MR) is 84.1 cm³/mol. The highest BCUT2D eigenvalue weighted by molar-refractivity contribution is 7.98. The normalized spacial score (nSPS) is 13.9. The summed E-state index contributed by atoms with van der Waals surface area (Å²) < 4.78 is 5.57. The minimum absolute atomic E-state index is 0.477. The highest BCUT2D eigenvalue weighted by atomic mass is 32.2. The van der Waals surface area contributed by atoms with E-state index in [1.54, 1.807) is 17.8 Å². The molecule has 0 aromatic heterocycles. The Hall–Kier alpha value is -1.07. The van der Waals surface area contributed by atoms with Crippen LogP contribution in [0, 0.1) is 0 Å². The van der Waals surface area contributed by atoms with E-state index in [1.807, 2.05) is 25.3 Å². The van der Waals surface area contributed by atoms with Crippen molar-refractivity contribution >= 4 is 23.1 Å². The number of rotatable bonds is 8. The van der Waals surface area contributed by atoms with Gasteiger partial charge in [0.1, 0.15) is 5.75 Å². The van der Waals surface area contributed by atoms with Crippen LogP contribution in [0.4, 0.5) is 11.4 Å². The quantitative estimate of drug-likeness (QED) is 0.640. The van der Waals surface area contributed by atoms with Crippen molar-refractivity contribution in [1.82, 2.24) is 0 Å². The molecule has 0 saturated carbocycles. The number of nitrogens with one attached hydrogen (secondary N) is 1. The van der Waals surface area contributed by atoms with Crippen LogP contribution < -0.4 is 15.8 Å². The van der Waals surface area contributed by atoms with Crippen LogP contribution in [0.1, 0.15) is 20.3 Å². The molecule has 19 heavy (non-hydrogen) atoms. The molecule has 0 aliphatic heterocycles. The van der Waals surface area contributed by atoms with Crippen molar-refractivity contribution in [3.8, 4) is 5.75 Å². The number of benzene rings is 1. The van der Waals surface area contributed by atoms with E-state index in [9.17, 15) is 5.11 Å². The highest BCUT2D eigenvalue weighted by Gasteiger charge is 2.19. The van der Waals surface area contributed by atoms with Gasteiger partial charge in [-0.2, -0.15) is 11.8 Å². The Labute approximate surface area is 119 Å². The van der Waals surface area contributed by atoms with Crippen LogP contribution in [0.25, 0.3) is 0 Å². The molecule has 0 saturated heterocycles. The highest BCUT2D eigenvalue weighted by Crippen LogP contribution is 2.23. The smallest absolute Gasteiger partial charge is 0.123 e. The molecule has 1 aromatic rings. The third kappa shape index (κ3) is 6.07. The molecule has 1 rings (SSSR count). The van der Waals surface area contributed by atoms with E-state index in [-0.39, 0.29) is 0 Å². The molecule has 0 fully saturated rings. The molecule has 0 radical (unpaired) electrons. The molecule has 5 heteroatoms. The Balaban J connectivity index is 2.65. The van der Waals surface area contributed by atoms with Crippen LogP contribution in [0.3, 0.4) is 0 Å². The summed E-state index contributed by atoms with van der Waals surface area (Å²) in [5.41, 5.74) is 6.62. The van der Waals surface area contributed by atoms with E-state index < -0.39 is 5.60 Å². The Morgan fingerprint density at radius 2 is 2.16 bits per heavy atom. The second-order valence-electron chi connectivity index (χ2n) is 4.92. The molecular formula is C14H24N2O2S. The van der Waals surface area contributed by atoms with Gasteiger partial charge >= 0.3 is 0 Å². The number of nitrogen functional groups attached to an aromatic ring is 1. The molecule has 4 N–H and O–H groups in total. The number of nitrogens with two attached hydrogens (primary N) is 1. The number of ether oxygens (including phenoxy) is 1. The van der Waals surface area contributed by atoms with Crippen molar-refractivity contribution < 1.29 is 9.84 Å². The molecule has 1 aromatic carbocycles. The lowest BCUT2D eigenvalue weighted by atomic mass is 10.1. The van der Waals surface area contributed by atoms with Gasteiger partial charge in [-0.15, -0.1) is 0 Å². The summed E-state index contributed by atoms with van der Waals surface area (Å²) in [4.78, 5) is 0. The Kier molecular flexibility index (Phi) is 6.31. The first-order valence-corrected chi connectivity index (χ1v) is 7.85. The zero-order chi connectivity index (χ0) is 14.3. The number of anilines is 2. The largest absolute Gasteiger partial charge is 0.493 e. The molecule has 1 atom stereocenters. The van der Waals surface area contributed by atoms with Crippen molar-refractivity contribution in [3.63, 3.8) is 0 Å². The van der Waals surface area contributed by atoms with Gasteiger partial charge in [-0.3, -0.25) is 0 Å². The van der Waals surface area contributed by atoms with Gasteiger partial charge in [0.25, 0.3) is 0 Å². The number of aliphatic hydroxyl groups is 1. The first-order chi connectivity index (χ1) is 8.96. The van der Waals surface area contributed by atoms with Gasteiger partial charge in [0.15, 0.2) is 0 Å². The maximum atomic E-state index is 10.1. The molecule has 4 nitrogen and oxygen atoms in total. The van der Waals surface area contributed by atoms with Crippen LogP contribution in [0.5, 0.6) is 5.75 Å². The monoisotopic (exact) mass is 284 g/mol. The fourth-order valence-corrected chi connectivity index (χ4v) is 2.41. The Bertz CT molecular complexity index is 397. The molecule has 0 bridgehead atoms. The zero-order valence-electron chi connectivity index (χ0n) is 11.9. The number of thioether (sulfide) groups is 1. The lowest BCUT2D eigenvalue weighted by molar-refractivity contribution is 0.0997. The summed E-state index contributed by atoms with van der Waals surface area (Å²) in [6.45, 7) is 5.03. The van der Waals surface area contributed by atoms with E-state index >= 15 is 0 Å². The summed E-state index contributed by atoms with van der Waals surface area (Å²) in [6, 6.07) is 5.55. The first kappa shape index (κ1) is 16.0. The molecule has 0 amide bonds. The summed E-state index contributed by atoms with van der Waals surface area (Å²) in [5, 5.41) is 13.3. The van der Waals surface area contributed by atoms with Gasteiger partial charge in [0, 0.05) is 35.8 Å². The zero-order valence-corrected chi connectivity index (χ0v) is 12.7. The van der Waals surface area contributed by atoms with Crippen LogP contribution in [-0.4, -0.2) is 35.9 Å². The Morgan fingerprint density at radius 3 is 2.79 bits per heavy atom. The van der Waals surface area contributed by atoms with Gasteiger partial charge in [-0.05, 0) is 25.7 Å². The molecule has 0 heterocycles. The average molecular weight is 284 g/mol. The fraction of sp³-hybridized carbons (Fsp3) is 0.571. The second kappa shape index (κ2) is 7.50. The molecular weight excluding hydrogens is 260 g/mol. The van der Waals surface area contributed by atoms with E-state index in [0.29, 0.717) is 24.6 Å². The molecule has 1 unspecified atom stereocenters. The van der Waals surface area contributed by atoms with Gasteiger partial charge in [-0.25, -0.2) is 0 Å². The van der Waals surface area contributed by atoms with Gasteiger partial charge in [-0.1, -0.05) is 6.92 Å². The van der Waals surface area contributed by atoms with Crippen molar-refractivity contribution in [3.05, 3.63) is 18.2 Å². The van der Waals surface area contributed by atoms with Gasteiger partial charge in [0.2, 0.25) is 0 Å². The average Bonchev–Trinajstić information content (AvgIpc) is 2.33.